The zero-order chi connectivity index (χ0) is 13.4. The number of benzene rings is 1. The summed E-state index contributed by atoms with van der Waals surface area (Å²) in [5.41, 5.74) is 0.426. The molecule has 1 amide bonds. The molecule has 2 aliphatic rings. The Hall–Kier alpha value is -1.75. The Morgan fingerprint density at radius 1 is 1.05 bits per heavy atom. The summed E-state index contributed by atoms with van der Waals surface area (Å²) >= 11 is 0. The van der Waals surface area contributed by atoms with Crippen LogP contribution in [0.25, 0.3) is 0 Å². The molecule has 0 atom stereocenters. The number of hydrogen-bond acceptors (Lipinski definition) is 4. The summed E-state index contributed by atoms with van der Waals surface area (Å²) in [6.07, 6.45) is 2.58. The number of nitrogens with zero attached hydrogens (tertiary/aromatic N) is 2. The van der Waals surface area contributed by atoms with E-state index in [4.69, 9.17) is 0 Å². The molecule has 5 heteroatoms. The lowest BCUT2D eigenvalue weighted by Crippen LogP contribution is -2.49. The number of phenols is 2. The molecule has 1 aliphatic carbocycles. The van der Waals surface area contributed by atoms with Crippen molar-refractivity contribution >= 4 is 5.91 Å². The van der Waals surface area contributed by atoms with Crippen molar-refractivity contribution in [1.82, 2.24) is 9.80 Å². The fraction of sp³-hybridized carbons (Fsp3) is 0.500. The average Bonchev–Trinajstić information content (AvgIpc) is 3.26. The number of carbonyl (C=O) groups excluding carboxylic acids is 1. The number of piperazine rings is 1. The molecule has 1 saturated carbocycles. The fourth-order valence-corrected chi connectivity index (χ4v) is 2.57. The third kappa shape index (κ3) is 2.51. The Morgan fingerprint density at radius 3 is 2.32 bits per heavy atom. The molecule has 1 aliphatic heterocycles. The Morgan fingerprint density at radius 2 is 1.74 bits per heavy atom. The highest BCUT2D eigenvalue weighted by Gasteiger charge is 2.32. The van der Waals surface area contributed by atoms with Crippen LogP contribution in [0, 0.1) is 0 Å². The molecule has 0 radical (unpaired) electrons. The molecule has 1 saturated heterocycles. The maximum Gasteiger partial charge on any atom is 0.254 e. The van der Waals surface area contributed by atoms with Gasteiger partial charge in [-0.05, 0) is 31.0 Å². The molecule has 19 heavy (non-hydrogen) atoms. The lowest BCUT2D eigenvalue weighted by atomic mass is 10.1. The molecular weight excluding hydrogens is 244 g/mol. The summed E-state index contributed by atoms with van der Waals surface area (Å²) in [6.45, 7) is 3.33. The van der Waals surface area contributed by atoms with Gasteiger partial charge in [-0.3, -0.25) is 9.69 Å². The van der Waals surface area contributed by atoms with E-state index in [-0.39, 0.29) is 17.4 Å². The second kappa shape index (κ2) is 4.74. The molecule has 0 unspecified atom stereocenters. The zero-order valence-electron chi connectivity index (χ0n) is 10.7. The van der Waals surface area contributed by atoms with Gasteiger partial charge in [0, 0.05) is 37.8 Å². The third-order valence-electron chi connectivity index (χ3n) is 3.89. The van der Waals surface area contributed by atoms with Crippen molar-refractivity contribution in [3.8, 4) is 11.5 Å². The summed E-state index contributed by atoms with van der Waals surface area (Å²) in [7, 11) is 0. The first-order valence-electron chi connectivity index (χ1n) is 6.70. The summed E-state index contributed by atoms with van der Waals surface area (Å²) in [5, 5.41) is 18.7. The number of hydrogen-bond donors (Lipinski definition) is 2. The van der Waals surface area contributed by atoms with E-state index in [1.807, 2.05) is 4.90 Å². The Kier molecular flexibility index (Phi) is 3.06. The van der Waals surface area contributed by atoms with Gasteiger partial charge in [0.1, 0.15) is 0 Å². The summed E-state index contributed by atoms with van der Waals surface area (Å²) in [4.78, 5) is 16.5. The Balaban J connectivity index is 1.65. The van der Waals surface area contributed by atoms with Crippen LogP contribution in [0.5, 0.6) is 11.5 Å². The lowest BCUT2D eigenvalue weighted by molar-refractivity contribution is 0.0627. The van der Waals surface area contributed by atoms with Crippen LogP contribution >= 0.6 is 0 Å². The normalized spacial score (nSPS) is 20.5. The third-order valence-corrected chi connectivity index (χ3v) is 3.89. The van der Waals surface area contributed by atoms with Crippen LogP contribution < -0.4 is 0 Å². The quantitative estimate of drug-likeness (QED) is 0.781. The van der Waals surface area contributed by atoms with Crippen LogP contribution in [0.15, 0.2) is 18.2 Å². The van der Waals surface area contributed by atoms with E-state index in [2.05, 4.69) is 4.90 Å². The van der Waals surface area contributed by atoms with Crippen LogP contribution in [0.4, 0.5) is 0 Å². The highest BCUT2D eigenvalue weighted by molar-refractivity contribution is 5.95. The van der Waals surface area contributed by atoms with Crippen LogP contribution in [0.1, 0.15) is 23.2 Å². The van der Waals surface area contributed by atoms with Gasteiger partial charge in [-0.25, -0.2) is 0 Å². The van der Waals surface area contributed by atoms with Crippen LogP contribution in [0.2, 0.25) is 0 Å². The maximum absolute atomic E-state index is 12.3. The number of carbonyl (C=O) groups is 1. The minimum Gasteiger partial charge on any atom is -0.504 e. The van der Waals surface area contributed by atoms with Crippen molar-refractivity contribution in [2.45, 2.75) is 18.9 Å². The van der Waals surface area contributed by atoms with E-state index in [1.54, 1.807) is 6.07 Å². The topological polar surface area (TPSA) is 64.0 Å². The minimum absolute atomic E-state index is 0.0780. The van der Waals surface area contributed by atoms with Crippen molar-refractivity contribution in [3.63, 3.8) is 0 Å². The largest absolute Gasteiger partial charge is 0.504 e. The van der Waals surface area contributed by atoms with E-state index in [1.165, 1.54) is 25.0 Å². The number of rotatable bonds is 2. The van der Waals surface area contributed by atoms with E-state index in [0.29, 0.717) is 5.56 Å². The van der Waals surface area contributed by atoms with Gasteiger partial charge in [0.15, 0.2) is 11.5 Å². The number of phenolic OH excluding ortho intramolecular Hbond substituents is 2. The van der Waals surface area contributed by atoms with E-state index in [0.717, 1.165) is 32.2 Å². The standard InChI is InChI=1S/C14H18N2O3/c17-12-4-1-10(9-13(12)18)14(19)16-7-5-15(6-8-16)11-2-3-11/h1,4,9,11,17-18H,2-3,5-8H2. The summed E-state index contributed by atoms with van der Waals surface area (Å²) < 4.78 is 0. The first-order chi connectivity index (χ1) is 9.15. The molecule has 0 spiro atoms. The fourth-order valence-electron chi connectivity index (χ4n) is 2.57. The second-order valence-electron chi connectivity index (χ2n) is 5.26. The first-order valence-corrected chi connectivity index (χ1v) is 6.70. The average molecular weight is 262 g/mol. The Labute approximate surface area is 112 Å². The Bertz CT molecular complexity index is 491. The van der Waals surface area contributed by atoms with Crippen LogP contribution in [-0.4, -0.2) is 58.1 Å². The predicted molar refractivity (Wildman–Crippen MR) is 70.3 cm³/mol. The van der Waals surface area contributed by atoms with Crippen molar-refractivity contribution < 1.29 is 15.0 Å². The molecule has 0 aromatic heterocycles. The summed E-state index contributed by atoms with van der Waals surface area (Å²) in [6, 6.07) is 4.97. The smallest absolute Gasteiger partial charge is 0.254 e. The van der Waals surface area contributed by atoms with Gasteiger partial charge in [0.2, 0.25) is 0 Å². The highest BCUT2D eigenvalue weighted by Crippen LogP contribution is 2.28. The summed E-state index contributed by atoms with van der Waals surface area (Å²) in [5.74, 6) is -0.525. The van der Waals surface area contributed by atoms with Gasteiger partial charge >= 0.3 is 0 Å². The molecule has 1 heterocycles. The van der Waals surface area contributed by atoms with Gasteiger partial charge in [0.05, 0.1) is 0 Å². The molecular formula is C14H18N2O3. The van der Waals surface area contributed by atoms with Gasteiger partial charge in [-0.2, -0.15) is 0 Å². The van der Waals surface area contributed by atoms with Crippen LogP contribution in [-0.2, 0) is 0 Å². The molecule has 0 bridgehead atoms. The zero-order valence-corrected chi connectivity index (χ0v) is 10.7. The predicted octanol–water partition coefficient (Wildman–Crippen LogP) is 1.02. The highest BCUT2D eigenvalue weighted by atomic mass is 16.3. The molecule has 2 fully saturated rings. The van der Waals surface area contributed by atoms with Gasteiger partial charge in [-0.1, -0.05) is 0 Å². The number of amides is 1. The van der Waals surface area contributed by atoms with Gasteiger partial charge in [-0.15, -0.1) is 0 Å². The molecule has 3 rings (SSSR count). The lowest BCUT2D eigenvalue weighted by Gasteiger charge is -2.34. The van der Waals surface area contributed by atoms with Crippen molar-refractivity contribution in [2.24, 2.45) is 0 Å². The van der Waals surface area contributed by atoms with Gasteiger partial charge in [0.25, 0.3) is 5.91 Å². The van der Waals surface area contributed by atoms with Gasteiger partial charge < -0.3 is 15.1 Å². The minimum atomic E-state index is -0.248. The van der Waals surface area contributed by atoms with E-state index < -0.39 is 0 Å². The first kappa shape index (κ1) is 12.3. The monoisotopic (exact) mass is 262 g/mol. The second-order valence-corrected chi connectivity index (χ2v) is 5.26. The molecule has 1 aromatic rings. The van der Waals surface area contributed by atoms with Crippen molar-refractivity contribution in [1.29, 1.82) is 0 Å². The van der Waals surface area contributed by atoms with Crippen molar-refractivity contribution in [3.05, 3.63) is 23.8 Å². The number of aromatic hydroxyl groups is 2. The maximum atomic E-state index is 12.3. The van der Waals surface area contributed by atoms with E-state index in [9.17, 15) is 15.0 Å². The van der Waals surface area contributed by atoms with Crippen LogP contribution in [0.3, 0.4) is 0 Å². The molecule has 2 N–H and O–H groups in total. The molecule has 1 aromatic carbocycles. The SMILES string of the molecule is O=C(c1ccc(O)c(O)c1)N1CCN(C2CC2)CC1. The molecule has 102 valence electrons. The van der Waals surface area contributed by atoms with Crippen molar-refractivity contribution in [2.75, 3.05) is 26.2 Å². The van der Waals surface area contributed by atoms with E-state index >= 15 is 0 Å². The molecule has 5 nitrogen and oxygen atoms in total.